The van der Waals surface area contributed by atoms with E-state index in [2.05, 4.69) is 27.2 Å². The van der Waals surface area contributed by atoms with Gasteiger partial charge in [0.25, 0.3) is 5.91 Å². The van der Waals surface area contributed by atoms with E-state index in [-0.39, 0.29) is 31.1 Å². The predicted octanol–water partition coefficient (Wildman–Crippen LogP) is 2.88. The van der Waals surface area contributed by atoms with Crippen LogP contribution in [0.4, 0.5) is 0 Å². The molecule has 1 aliphatic rings. The maximum Gasteiger partial charge on any atom is 0.257 e. The summed E-state index contributed by atoms with van der Waals surface area (Å²) in [6.07, 6.45) is 1.14. The van der Waals surface area contributed by atoms with Crippen LogP contribution in [0.2, 0.25) is 5.02 Å². The highest BCUT2D eigenvalue weighted by Gasteiger charge is 2.15. The molecule has 0 saturated heterocycles. The molecule has 0 aliphatic carbocycles. The van der Waals surface area contributed by atoms with Gasteiger partial charge in [-0.05, 0) is 56.2 Å². The zero-order valence-corrected chi connectivity index (χ0v) is 23.3. The second kappa shape index (κ2) is 15.7. The highest BCUT2D eigenvalue weighted by molar-refractivity contribution is 6.32. The fourth-order valence-electron chi connectivity index (χ4n) is 3.72. The van der Waals surface area contributed by atoms with E-state index >= 15 is 0 Å². The van der Waals surface area contributed by atoms with E-state index in [1.54, 1.807) is 36.4 Å². The molecule has 0 bridgehead atoms. The lowest BCUT2D eigenvalue weighted by molar-refractivity contribution is -0.123. The summed E-state index contributed by atoms with van der Waals surface area (Å²) in [4.78, 5) is 23.4. The number of nitriles is 1. The molecule has 0 spiro atoms. The number of halogens is 1. The second-order valence-electron chi connectivity index (χ2n) is 9.32. The largest absolute Gasteiger partial charge is 0.493 e. The number of rotatable bonds is 15. The number of hydrazone groups is 1. The molecule has 0 radical (unpaired) electrons. The van der Waals surface area contributed by atoms with Gasteiger partial charge in [0.1, 0.15) is 29.5 Å². The fourth-order valence-corrected chi connectivity index (χ4v) is 3.96. The van der Waals surface area contributed by atoms with Gasteiger partial charge in [0.05, 0.1) is 29.5 Å². The molecule has 0 fully saturated rings. The lowest BCUT2D eigenvalue weighted by Gasteiger charge is -2.16. The lowest BCUT2D eigenvalue weighted by Crippen LogP contribution is -2.35. The van der Waals surface area contributed by atoms with Crippen LogP contribution in [0.25, 0.3) is 0 Å². The Morgan fingerprint density at radius 2 is 1.95 bits per heavy atom. The third kappa shape index (κ3) is 10.0. The minimum atomic E-state index is -0.681. The van der Waals surface area contributed by atoms with Gasteiger partial charge in [-0.2, -0.15) is 10.4 Å². The average molecular weight is 572 g/mol. The van der Waals surface area contributed by atoms with Gasteiger partial charge < -0.3 is 24.6 Å². The van der Waals surface area contributed by atoms with Crippen LogP contribution in [0.15, 0.2) is 41.5 Å². The summed E-state index contributed by atoms with van der Waals surface area (Å²) in [5, 5.41) is 29.4. The minimum absolute atomic E-state index is 0.121. The summed E-state index contributed by atoms with van der Waals surface area (Å²) in [6.45, 7) is 4.64. The number of aliphatic hydroxyl groups is 1. The summed E-state index contributed by atoms with van der Waals surface area (Å²) >= 11 is 6.29. The molecule has 2 amide bonds. The normalized spacial score (nSPS) is 13.6. The molecule has 3 rings (SSSR count). The van der Waals surface area contributed by atoms with Crippen molar-refractivity contribution in [2.45, 2.75) is 51.8 Å². The van der Waals surface area contributed by atoms with Crippen molar-refractivity contribution in [2.24, 2.45) is 5.10 Å². The molecule has 1 atom stereocenters. The second-order valence-corrected chi connectivity index (χ2v) is 9.73. The van der Waals surface area contributed by atoms with Gasteiger partial charge in [0.15, 0.2) is 6.61 Å². The molecule has 0 saturated carbocycles. The number of ether oxygens (including phenoxy) is 3. The van der Waals surface area contributed by atoms with E-state index < -0.39 is 6.23 Å². The number of amides is 2. The van der Waals surface area contributed by atoms with Gasteiger partial charge in [0.2, 0.25) is 5.91 Å². The number of carbonyl (C=O) groups excluding carboxylic acids is 2. The third-order valence-electron chi connectivity index (χ3n) is 5.69. The first-order valence-corrected chi connectivity index (χ1v) is 13.4. The van der Waals surface area contributed by atoms with Gasteiger partial charge >= 0.3 is 0 Å². The molecule has 11 nitrogen and oxygen atoms in total. The van der Waals surface area contributed by atoms with Crippen molar-refractivity contribution in [3.05, 3.63) is 52.5 Å². The van der Waals surface area contributed by atoms with Crippen LogP contribution < -0.4 is 30.3 Å². The number of hydrogen-bond donors (Lipinski definition) is 4. The topological polar surface area (TPSA) is 154 Å². The van der Waals surface area contributed by atoms with Crippen LogP contribution in [-0.2, 0) is 9.59 Å². The van der Waals surface area contributed by atoms with Gasteiger partial charge in [-0.1, -0.05) is 11.6 Å². The Balaban J connectivity index is 1.34. The van der Waals surface area contributed by atoms with Gasteiger partial charge in [-0.15, -0.1) is 0 Å². The van der Waals surface area contributed by atoms with Gasteiger partial charge in [0, 0.05) is 37.9 Å². The summed E-state index contributed by atoms with van der Waals surface area (Å²) < 4.78 is 16.9. The Bertz CT molecular complexity index is 1250. The number of hydrogen-bond acceptors (Lipinski definition) is 9. The Morgan fingerprint density at radius 1 is 1.15 bits per heavy atom. The van der Waals surface area contributed by atoms with Crippen LogP contribution in [0, 0.1) is 11.3 Å². The highest BCUT2D eigenvalue weighted by atomic mass is 35.5. The maximum absolute atomic E-state index is 12.2. The van der Waals surface area contributed by atoms with Crippen molar-refractivity contribution < 1.29 is 28.9 Å². The van der Waals surface area contributed by atoms with Crippen molar-refractivity contribution in [3.63, 3.8) is 0 Å². The highest BCUT2D eigenvalue weighted by Crippen LogP contribution is 2.27. The van der Waals surface area contributed by atoms with Gasteiger partial charge in [-0.25, -0.2) is 5.43 Å². The quantitative estimate of drug-likeness (QED) is 0.188. The zero-order valence-electron chi connectivity index (χ0n) is 22.5. The molecule has 1 aliphatic heterocycles. The maximum atomic E-state index is 12.2. The Morgan fingerprint density at radius 3 is 2.65 bits per heavy atom. The molecule has 1 heterocycles. The van der Waals surface area contributed by atoms with Crippen LogP contribution >= 0.6 is 11.6 Å². The Kier molecular flexibility index (Phi) is 12.0. The molecule has 1 unspecified atom stereocenters. The standard InChI is InChI=1S/C28H34ClN5O6/c1-18(2)32-26(35)10-13-39-24-8-5-21(14-20(24)16-30)38-12-3-11-31-28(37)17-40-25-7-4-19(15-22(25)29)23-6-9-27(36)34-33-23/h4-5,7-8,14-15,18,26,32,35H,3,6,9-13,17H2,1-2H3,(H,31,37)(H,34,36). The number of aliphatic hydroxyl groups excluding tert-OH is 1. The van der Waals surface area contributed by atoms with Crippen molar-refractivity contribution in [1.82, 2.24) is 16.1 Å². The first kappa shape index (κ1) is 30.7. The van der Waals surface area contributed by atoms with Crippen molar-refractivity contribution in [1.29, 1.82) is 5.26 Å². The van der Waals surface area contributed by atoms with Crippen LogP contribution in [0.5, 0.6) is 17.2 Å². The van der Waals surface area contributed by atoms with Crippen LogP contribution in [-0.4, -0.2) is 61.3 Å². The van der Waals surface area contributed by atoms with Gasteiger partial charge in [-0.3, -0.25) is 14.9 Å². The molecule has 0 aromatic heterocycles. The van der Waals surface area contributed by atoms with Crippen LogP contribution in [0.1, 0.15) is 50.7 Å². The molecule has 40 heavy (non-hydrogen) atoms. The fraction of sp³-hybridized carbons (Fsp3) is 0.429. The summed E-state index contributed by atoms with van der Waals surface area (Å²) in [5.74, 6) is 0.878. The summed E-state index contributed by atoms with van der Waals surface area (Å²) in [7, 11) is 0. The average Bonchev–Trinajstić information content (AvgIpc) is 2.92. The van der Waals surface area contributed by atoms with E-state index in [1.807, 2.05) is 13.8 Å². The molecule has 12 heteroatoms. The summed E-state index contributed by atoms with van der Waals surface area (Å²) in [6, 6.07) is 12.3. The van der Waals surface area contributed by atoms with E-state index in [0.29, 0.717) is 66.7 Å². The number of nitrogens with zero attached hydrogens (tertiary/aromatic N) is 2. The number of carbonyl (C=O) groups is 2. The first-order valence-electron chi connectivity index (χ1n) is 13.0. The lowest BCUT2D eigenvalue weighted by atomic mass is 10.0. The third-order valence-corrected chi connectivity index (χ3v) is 5.98. The minimum Gasteiger partial charge on any atom is -0.493 e. The molecular weight excluding hydrogens is 538 g/mol. The van der Waals surface area contributed by atoms with E-state index in [1.165, 1.54) is 0 Å². The molecule has 2 aromatic carbocycles. The predicted molar refractivity (Wildman–Crippen MR) is 150 cm³/mol. The first-order chi connectivity index (χ1) is 19.2. The SMILES string of the molecule is CC(C)NC(O)CCOc1ccc(OCCCNC(=O)COc2ccc(C3=NNC(=O)CC3)cc2Cl)cc1C#N. The Hall–Kier alpha value is -3.85. The monoisotopic (exact) mass is 571 g/mol. The smallest absolute Gasteiger partial charge is 0.257 e. The van der Waals surface area contributed by atoms with Crippen LogP contribution in [0.3, 0.4) is 0 Å². The van der Waals surface area contributed by atoms with Crippen molar-refractivity contribution in [3.8, 4) is 23.3 Å². The molecule has 214 valence electrons. The summed E-state index contributed by atoms with van der Waals surface area (Å²) in [5.41, 5.74) is 4.29. The van der Waals surface area contributed by atoms with E-state index in [4.69, 9.17) is 25.8 Å². The molecule has 2 aromatic rings. The number of benzene rings is 2. The molecular formula is C28H34ClN5O6. The van der Waals surface area contributed by atoms with E-state index in [9.17, 15) is 20.0 Å². The number of nitrogens with one attached hydrogen (secondary N) is 3. The molecule has 4 N–H and O–H groups in total. The zero-order chi connectivity index (χ0) is 28.9. The van der Waals surface area contributed by atoms with E-state index in [0.717, 1.165) is 11.3 Å². The van der Waals surface area contributed by atoms with Crippen molar-refractivity contribution >= 4 is 29.1 Å². The Labute approximate surface area is 238 Å². The van der Waals surface area contributed by atoms with Crippen molar-refractivity contribution in [2.75, 3.05) is 26.4 Å².